The van der Waals surface area contributed by atoms with Crippen LogP contribution in [0, 0.1) is 0 Å². The Hall–Kier alpha value is -1.07. The number of esters is 1. The number of hydrogen-bond donors (Lipinski definition) is 1. The van der Waals surface area contributed by atoms with Gasteiger partial charge in [-0.25, -0.2) is 0 Å². The van der Waals surface area contributed by atoms with Gasteiger partial charge in [0.25, 0.3) is 0 Å². The Morgan fingerprint density at radius 3 is 2.40 bits per heavy atom. The second-order valence-electron chi connectivity index (χ2n) is 4.75. The van der Waals surface area contributed by atoms with E-state index in [-0.39, 0.29) is 17.3 Å². The van der Waals surface area contributed by atoms with Crippen LogP contribution in [0.3, 0.4) is 0 Å². The largest absolute Gasteiger partial charge is 0.462 e. The van der Waals surface area contributed by atoms with Crippen LogP contribution in [0.15, 0.2) is 24.3 Å². The summed E-state index contributed by atoms with van der Waals surface area (Å²) >= 11 is 6.52. The van der Waals surface area contributed by atoms with Gasteiger partial charge in [0.15, 0.2) is 0 Å². The van der Waals surface area contributed by atoms with E-state index in [1.807, 2.05) is 45.0 Å². The molecule has 1 rings (SSSR count). The Morgan fingerprint density at radius 2 is 1.95 bits per heavy atom. The second kappa shape index (κ2) is 8.27. The molecule has 0 fully saturated rings. The molecule has 0 saturated carbocycles. The highest BCUT2D eigenvalue weighted by Crippen LogP contribution is 2.22. The first kappa shape index (κ1) is 17.0. The molecule has 5 heteroatoms. The van der Waals surface area contributed by atoms with Crippen molar-refractivity contribution in [3.8, 4) is 0 Å². The summed E-state index contributed by atoms with van der Waals surface area (Å²) < 4.78 is 5.25. The van der Waals surface area contributed by atoms with E-state index < -0.39 is 0 Å². The summed E-state index contributed by atoms with van der Waals surface area (Å²) in [5.74, 6) is 0.635. The Bertz CT molecular complexity index is 457. The number of benzene rings is 1. The van der Waals surface area contributed by atoms with Crippen molar-refractivity contribution in [3.05, 3.63) is 35.4 Å². The van der Waals surface area contributed by atoms with E-state index in [4.69, 9.17) is 22.7 Å². The molecule has 1 aromatic carbocycles. The highest BCUT2D eigenvalue weighted by atomic mass is 32.2. The predicted molar refractivity (Wildman–Crippen MR) is 88.9 cm³/mol. The van der Waals surface area contributed by atoms with Crippen molar-refractivity contribution >= 4 is 34.9 Å². The van der Waals surface area contributed by atoms with Crippen LogP contribution in [0.2, 0.25) is 0 Å². The summed E-state index contributed by atoms with van der Waals surface area (Å²) in [5, 5.41) is -0.118. The summed E-state index contributed by atoms with van der Waals surface area (Å²) in [6.07, 6.45) is 0.697. The number of nitrogens with two attached hydrogens (primary N) is 1. The van der Waals surface area contributed by atoms with Crippen LogP contribution in [0.25, 0.3) is 0 Å². The van der Waals surface area contributed by atoms with Crippen molar-refractivity contribution < 1.29 is 9.53 Å². The fourth-order valence-electron chi connectivity index (χ4n) is 1.62. The van der Waals surface area contributed by atoms with Gasteiger partial charge in [-0.3, -0.25) is 4.79 Å². The van der Waals surface area contributed by atoms with E-state index in [0.717, 1.165) is 23.3 Å². The number of thiocarbonyl (C=S) groups is 1. The third kappa shape index (κ3) is 5.51. The van der Waals surface area contributed by atoms with E-state index in [1.165, 1.54) is 0 Å². The van der Waals surface area contributed by atoms with Gasteiger partial charge in [0.1, 0.15) is 10.2 Å². The minimum Gasteiger partial charge on any atom is -0.462 e. The van der Waals surface area contributed by atoms with E-state index in [0.29, 0.717) is 4.99 Å². The lowest BCUT2D eigenvalue weighted by Gasteiger charge is -2.16. The fraction of sp³-hybridized carbons (Fsp3) is 0.467. The molecule has 2 N–H and O–H groups in total. The molecule has 0 radical (unpaired) electrons. The van der Waals surface area contributed by atoms with Crippen LogP contribution in [-0.2, 0) is 15.3 Å². The third-order valence-electron chi connectivity index (χ3n) is 2.68. The van der Waals surface area contributed by atoms with E-state index in [2.05, 4.69) is 0 Å². The smallest absolute Gasteiger partial charge is 0.319 e. The molecule has 0 aliphatic heterocycles. The summed E-state index contributed by atoms with van der Waals surface area (Å²) in [6.45, 7) is 5.72. The molecule has 1 aromatic rings. The molecule has 0 bridgehead atoms. The number of carbonyl (C=O) groups excluding carboxylic acids is 1. The summed E-state index contributed by atoms with van der Waals surface area (Å²) in [4.78, 5) is 12.3. The Morgan fingerprint density at radius 1 is 1.35 bits per heavy atom. The van der Waals surface area contributed by atoms with Gasteiger partial charge in [-0.15, -0.1) is 11.8 Å². The molecule has 0 saturated heterocycles. The lowest BCUT2D eigenvalue weighted by molar-refractivity contribution is -0.146. The van der Waals surface area contributed by atoms with E-state index >= 15 is 0 Å². The maximum Gasteiger partial charge on any atom is 0.319 e. The first-order valence-electron chi connectivity index (χ1n) is 6.64. The molecule has 0 amide bonds. The van der Waals surface area contributed by atoms with Gasteiger partial charge < -0.3 is 10.5 Å². The van der Waals surface area contributed by atoms with Gasteiger partial charge in [-0.1, -0.05) is 43.4 Å². The minimum absolute atomic E-state index is 0.0676. The van der Waals surface area contributed by atoms with Gasteiger partial charge in [0.2, 0.25) is 0 Å². The number of thioether (sulfide) groups is 1. The first-order valence-corrected chi connectivity index (χ1v) is 8.10. The van der Waals surface area contributed by atoms with Gasteiger partial charge in [0.05, 0.1) is 6.10 Å². The number of carbonyl (C=O) groups is 1. The maximum atomic E-state index is 11.9. The summed E-state index contributed by atoms with van der Waals surface area (Å²) in [6, 6.07) is 7.79. The molecule has 0 spiro atoms. The molecular weight excluding hydrogens is 290 g/mol. The average Bonchev–Trinajstić information content (AvgIpc) is 2.39. The van der Waals surface area contributed by atoms with Gasteiger partial charge in [-0.05, 0) is 25.8 Å². The second-order valence-corrected chi connectivity index (χ2v) is 6.39. The lowest BCUT2D eigenvalue weighted by atomic mass is 10.1. The quantitative estimate of drug-likeness (QED) is 0.618. The van der Waals surface area contributed by atoms with Crippen molar-refractivity contribution in [2.45, 2.75) is 44.3 Å². The van der Waals surface area contributed by atoms with Crippen LogP contribution < -0.4 is 5.73 Å². The molecule has 1 atom stereocenters. The number of rotatable bonds is 7. The standard InChI is InChI=1S/C15H21NO2S2/c1-4-13(15(17)18-10(2)3)20-9-11-5-7-12(8-6-11)14(16)19/h5-8,10,13H,4,9H2,1-3H3,(H2,16,19). The number of hydrogen-bond acceptors (Lipinski definition) is 4. The molecule has 20 heavy (non-hydrogen) atoms. The van der Waals surface area contributed by atoms with Gasteiger partial charge in [-0.2, -0.15) is 0 Å². The molecule has 3 nitrogen and oxygen atoms in total. The van der Waals surface area contributed by atoms with Crippen LogP contribution in [-0.4, -0.2) is 22.3 Å². The van der Waals surface area contributed by atoms with Crippen molar-refractivity contribution in [1.29, 1.82) is 0 Å². The van der Waals surface area contributed by atoms with Crippen molar-refractivity contribution in [3.63, 3.8) is 0 Å². The molecular formula is C15H21NO2S2. The summed E-state index contributed by atoms with van der Waals surface area (Å²) in [7, 11) is 0. The van der Waals surface area contributed by atoms with Crippen LogP contribution in [0.5, 0.6) is 0 Å². The monoisotopic (exact) mass is 311 g/mol. The average molecular weight is 311 g/mol. The third-order valence-corrected chi connectivity index (χ3v) is 4.34. The normalized spacial score (nSPS) is 12.2. The molecule has 0 aliphatic carbocycles. The Balaban J connectivity index is 2.55. The van der Waals surface area contributed by atoms with E-state index in [9.17, 15) is 4.79 Å². The highest BCUT2D eigenvalue weighted by molar-refractivity contribution is 7.99. The minimum atomic E-state index is -0.132. The highest BCUT2D eigenvalue weighted by Gasteiger charge is 2.19. The van der Waals surface area contributed by atoms with Crippen LogP contribution >= 0.6 is 24.0 Å². The van der Waals surface area contributed by atoms with Crippen molar-refractivity contribution in [2.24, 2.45) is 5.73 Å². The Labute approximate surface area is 130 Å². The Kier molecular flexibility index (Phi) is 7.02. The SMILES string of the molecule is CCC(SCc1ccc(C(N)=S)cc1)C(=O)OC(C)C. The van der Waals surface area contributed by atoms with Gasteiger partial charge >= 0.3 is 5.97 Å². The topological polar surface area (TPSA) is 52.3 Å². The van der Waals surface area contributed by atoms with Crippen LogP contribution in [0.1, 0.15) is 38.3 Å². The lowest BCUT2D eigenvalue weighted by Crippen LogP contribution is -2.22. The maximum absolute atomic E-state index is 11.9. The zero-order valence-corrected chi connectivity index (χ0v) is 13.7. The predicted octanol–water partition coefficient (Wildman–Crippen LogP) is 3.28. The van der Waals surface area contributed by atoms with Crippen molar-refractivity contribution in [1.82, 2.24) is 0 Å². The molecule has 0 aromatic heterocycles. The van der Waals surface area contributed by atoms with Crippen LogP contribution in [0.4, 0.5) is 0 Å². The zero-order chi connectivity index (χ0) is 15.1. The molecule has 0 heterocycles. The molecule has 110 valence electrons. The van der Waals surface area contributed by atoms with Crippen molar-refractivity contribution in [2.75, 3.05) is 0 Å². The first-order chi connectivity index (χ1) is 9.43. The zero-order valence-electron chi connectivity index (χ0n) is 12.1. The summed E-state index contributed by atoms with van der Waals surface area (Å²) in [5.41, 5.74) is 7.56. The molecule has 0 aliphatic rings. The van der Waals surface area contributed by atoms with E-state index in [1.54, 1.807) is 11.8 Å². The number of ether oxygens (including phenoxy) is 1. The molecule has 1 unspecified atom stereocenters. The fourth-order valence-corrected chi connectivity index (χ4v) is 2.77. The van der Waals surface area contributed by atoms with Gasteiger partial charge in [0, 0.05) is 11.3 Å².